The van der Waals surface area contributed by atoms with E-state index in [-0.39, 0.29) is 22.1 Å². The van der Waals surface area contributed by atoms with Crippen LogP contribution in [0.15, 0.2) is 38.6 Å². The lowest BCUT2D eigenvalue weighted by Gasteiger charge is -2.07. The van der Waals surface area contributed by atoms with Crippen LogP contribution in [0.25, 0.3) is 11.5 Å². The average Bonchev–Trinajstić information content (AvgIpc) is 2.90. The van der Waals surface area contributed by atoms with Gasteiger partial charge in [-0.1, -0.05) is 6.92 Å². The Bertz CT molecular complexity index is 1170. The van der Waals surface area contributed by atoms with Crippen molar-refractivity contribution < 1.29 is 21.6 Å². The fourth-order valence-electron chi connectivity index (χ4n) is 2.11. The number of nitrogens with zero attached hydrogens (tertiary/aromatic N) is 5. The summed E-state index contributed by atoms with van der Waals surface area (Å²) in [5.74, 6) is -0.587. The predicted molar refractivity (Wildman–Crippen MR) is 86.8 cm³/mol. The first kappa shape index (κ1) is 18.5. The zero-order valence-corrected chi connectivity index (χ0v) is 15.3. The SMILES string of the molecule is CCS(=O)(=O)c1cc(Br)cnc1-n1nc2ccc(C(F)(F)F)nn2c1=O. The maximum atomic E-state index is 12.8. The highest BCUT2D eigenvalue weighted by Gasteiger charge is 2.33. The molecule has 26 heavy (non-hydrogen) atoms. The molecule has 0 amide bonds. The molecule has 3 aromatic rings. The third kappa shape index (κ3) is 3.11. The van der Waals surface area contributed by atoms with Gasteiger partial charge in [0.2, 0.25) is 0 Å². The molecule has 0 aromatic carbocycles. The fraction of sp³-hybridized carbons (Fsp3) is 0.231. The van der Waals surface area contributed by atoms with E-state index in [1.807, 2.05) is 0 Å². The van der Waals surface area contributed by atoms with Crippen molar-refractivity contribution in [1.29, 1.82) is 0 Å². The summed E-state index contributed by atoms with van der Waals surface area (Å²) in [6.45, 7) is 1.41. The van der Waals surface area contributed by atoms with E-state index in [1.54, 1.807) is 0 Å². The van der Waals surface area contributed by atoms with Gasteiger partial charge in [-0.3, -0.25) is 0 Å². The summed E-state index contributed by atoms with van der Waals surface area (Å²) in [6.07, 6.45) is -3.50. The highest BCUT2D eigenvalue weighted by atomic mass is 79.9. The standard InChI is InChI=1S/C13H9BrF3N5O3S/c1-2-26(24,25)8-5-7(14)6-18-11(8)22-12(23)21-10(20-22)4-3-9(19-21)13(15,16)17/h3-6H,2H2,1H3. The van der Waals surface area contributed by atoms with Crippen molar-refractivity contribution >= 4 is 31.4 Å². The second kappa shape index (κ2) is 6.16. The first-order valence-electron chi connectivity index (χ1n) is 6.99. The van der Waals surface area contributed by atoms with Gasteiger partial charge in [-0.15, -0.1) is 5.10 Å². The van der Waals surface area contributed by atoms with E-state index in [0.29, 0.717) is 19.7 Å². The average molecular weight is 452 g/mol. The number of alkyl halides is 3. The Morgan fingerprint density at radius 1 is 1.23 bits per heavy atom. The summed E-state index contributed by atoms with van der Waals surface area (Å²) < 4.78 is 64.3. The molecule has 0 aliphatic carbocycles. The maximum absolute atomic E-state index is 12.8. The molecule has 3 aromatic heterocycles. The Balaban J connectivity index is 2.31. The lowest BCUT2D eigenvalue weighted by Crippen LogP contribution is -2.25. The molecule has 3 rings (SSSR count). The number of hydrogen-bond donors (Lipinski definition) is 0. The maximum Gasteiger partial charge on any atom is 0.435 e. The number of pyridine rings is 1. The van der Waals surface area contributed by atoms with E-state index in [2.05, 4.69) is 31.1 Å². The number of sulfone groups is 1. The van der Waals surface area contributed by atoms with Gasteiger partial charge >= 0.3 is 11.9 Å². The molecule has 0 saturated heterocycles. The lowest BCUT2D eigenvalue weighted by atomic mass is 10.4. The molecule has 0 aliphatic heterocycles. The van der Waals surface area contributed by atoms with Crippen molar-refractivity contribution in [1.82, 2.24) is 24.4 Å². The van der Waals surface area contributed by atoms with E-state index in [1.165, 1.54) is 19.2 Å². The molecular weight excluding hydrogens is 443 g/mol. The molecule has 0 spiro atoms. The largest absolute Gasteiger partial charge is 0.435 e. The summed E-state index contributed by atoms with van der Waals surface area (Å²) in [5.41, 5.74) is -2.54. The Kier molecular flexibility index (Phi) is 4.38. The van der Waals surface area contributed by atoms with Crippen molar-refractivity contribution in [2.75, 3.05) is 5.75 Å². The van der Waals surface area contributed by atoms with Crippen LogP contribution >= 0.6 is 15.9 Å². The number of fused-ring (bicyclic) bond motifs is 1. The van der Waals surface area contributed by atoms with Crippen LogP contribution in [0.4, 0.5) is 13.2 Å². The van der Waals surface area contributed by atoms with Gasteiger partial charge in [0.25, 0.3) is 0 Å². The van der Waals surface area contributed by atoms with E-state index in [9.17, 15) is 26.4 Å². The molecule has 3 heterocycles. The van der Waals surface area contributed by atoms with Crippen LogP contribution in [0.1, 0.15) is 12.6 Å². The Labute approximate surface area is 152 Å². The van der Waals surface area contributed by atoms with Crippen molar-refractivity contribution in [3.05, 3.63) is 45.0 Å². The van der Waals surface area contributed by atoms with Gasteiger partial charge in [0.05, 0.1) is 5.75 Å². The third-order valence-electron chi connectivity index (χ3n) is 3.39. The van der Waals surface area contributed by atoms with Crippen LogP contribution < -0.4 is 5.69 Å². The van der Waals surface area contributed by atoms with E-state index < -0.39 is 27.4 Å². The highest BCUT2D eigenvalue weighted by Crippen LogP contribution is 2.27. The molecule has 0 aliphatic rings. The van der Waals surface area contributed by atoms with Crippen molar-refractivity contribution in [2.24, 2.45) is 0 Å². The van der Waals surface area contributed by atoms with E-state index in [4.69, 9.17) is 0 Å². The summed E-state index contributed by atoms with van der Waals surface area (Å²) in [6, 6.07) is 2.87. The predicted octanol–water partition coefficient (Wildman–Crippen LogP) is 1.85. The first-order valence-corrected chi connectivity index (χ1v) is 9.44. The molecule has 0 N–H and O–H groups in total. The van der Waals surface area contributed by atoms with Crippen LogP contribution in [0.3, 0.4) is 0 Å². The van der Waals surface area contributed by atoms with Crippen molar-refractivity contribution in [3.63, 3.8) is 0 Å². The number of halogens is 4. The zero-order chi connectivity index (χ0) is 19.3. The zero-order valence-electron chi connectivity index (χ0n) is 12.9. The molecule has 0 atom stereocenters. The van der Waals surface area contributed by atoms with Gasteiger partial charge in [0, 0.05) is 10.7 Å². The Hall–Kier alpha value is -2.28. The summed E-state index contributed by atoms with van der Waals surface area (Å²) in [7, 11) is -3.79. The third-order valence-corrected chi connectivity index (χ3v) is 5.55. The number of hydrogen-bond acceptors (Lipinski definition) is 6. The molecule has 0 bridgehead atoms. The van der Waals surface area contributed by atoms with E-state index in [0.717, 1.165) is 6.07 Å². The lowest BCUT2D eigenvalue weighted by molar-refractivity contribution is -0.141. The molecule has 0 saturated carbocycles. The van der Waals surface area contributed by atoms with Crippen LogP contribution in [0, 0.1) is 0 Å². The van der Waals surface area contributed by atoms with Crippen LogP contribution in [-0.2, 0) is 16.0 Å². The second-order valence-corrected chi connectivity index (χ2v) is 8.22. The number of rotatable bonds is 3. The summed E-state index contributed by atoms with van der Waals surface area (Å²) in [4.78, 5) is 16.1. The smallest absolute Gasteiger partial charge is 0.243 e. The second-order valence-electron chi connectivity index (χ2n) is 5.06. The molecule has 0 fully saturated rings. The molecule has 138 valence electrons. The van der Waals surface area contributed by atoms with Gasteiger partial charge in [0.15, 0.2) is 27.0 Å². The van der Waals surface area contributed by atoms with Gasteiger partial charge in [0.1, 0.15) is 4.90 Å². The first-order chi connectivity index (χ1) is 12.0. The van der Waals surface area contributed by atoms with Crippen LogP contribution in [0.5, 0.6) is 0 Å². The topological polar surface area (TPSA) is 99.2 Å². The minimum Gasteiger partial charge on any atom is -0.243 e. The van der Waals surface area contributed by atoms with Crippen molar-refractivity contribution in [3.8, 4) is 5.82 Å². The molecule has 0 unspecified atom stereocenters. The van der Waals surface area contributed by atoms with Crippen LogP contribution in [0.2, 0.25) is 0 Å². The minimum absolute atomic E-state index is 0.187. The summed E-state index contributed by atoms with van der Waals surface area (Å²) in [5, 5.41) is 7.07. The number of aromatic nitrogens is 5. The molecular formula is C13H9BrF3N5O3S. The summed E-state index contributed by atoms with van der Waals surface area (Å²) >= 11 is 3.10. The minimum atomic E-state index is -4.75. The molecule has 0 radical (unpaired) electrons. The normalized spacial score (nSPS) is 12.7. The quantitative estimate of drug-likeness (QED) is 0.602. The Morgan fingerprint density at radius 3 is 2.54 bits per heavy atom. The van der Waals surface area contributed by atoms with Gasteiger partial charge < -0.3 is 0 Å². The van der Waals surface area contributed by atoms with Gasteiger partial charge in [-0.05, 0) is 34.1 Å². The monoisotopic (exact) mass is 451 g/mol. The molecule has 13 heteroatoms. The van der Waals surface area contributed by atoms with Crippen molar-refractivity contribution in [2.45, 2.75) is 18.0 Å². The Morgan fingerprint density at radius 2 is 1.92 bits per heavy atom. The van der Waals surface area contributed by atoms with Gasteiger partial charge in [-0.2, -0.15) is 27.5 Å². The van der Waals surface area contributed by atoms with E-state index >= 15 is 0 Å². The van der Waals surface area contributed by atoms with Gasteiger partial charge in [-0.25, -0.2) is 18.2 Å². The molecule has 8 nitrogen and oxygen atoms in total. The highest BCUT2D eigenvalue weighted by molar-refractivity contribution is 9.10. The van der Waals surface area contributed by atoms with Crippen LogP contribution in [-0.4, -0.2) is 38.5 Å². The fourth-order valence-corrected chi connectivity index (χ4v) is 3.63.